The summed E-state index contributed by atoms with van der Waals surface area (Å²) in [5.74, 6) is -0.281. The Balaban J connectivity index is -0.0000000357. The summed E-state index contributed by atoms with van der Waals surface area (Å²) in [5.41, 5.74) is 4.60. The van der Waals surface area contributed by atoms with Crippen LogP contribution in [0.3, 0.4) is 0 Å². The number of hydrogen-bond donors (Lipinski definition) is 3. The Hall–Kier alpha value is -0.0800. The molecule has 6 N–H and O–H groups in total. The average Bonchev–Trinajstić information content (AvgIpc) is 2.44. The Morgan fingerprint density at radius 3 is 1.88 bits per heavy atom. The fraction of sp³-hybridized carbons (Fsp3) is 0.667. The van der Waals surface area contributed by atoms with Crippen molar-refractivity contribution >= 4 is 24.1 Å². The molecule has 13 heteroatoms. The standard InChI is InChI=1S/C5H11NO.C3H7NO2.C3H4O2.CH2O3.2Na.H2O.H/c1-5(7)3-4-6-2;4-3(6)1-2-5;4-3-1-2-5-3;2-1-4-3;;;;/h6H,3-4H2,1-2H3;5H,1-2H2,(H2,4,6);1-2H2;1,3H;;;1H2;/q;;;;2*+1;;-1/p-1. The van der Waals surface area contributed by atoms with Gasteiger partial charge in [-0.25, -0.2) is 0 Å². The summed E-state index contributed by atoms with van der Waals surface area (Å²) in [6, 6.07) is 0. The number of ether oxygens (including phenoxy) is 1. The Kier molecular flexibility index (Phi) is 55.9. The number of aliphatic hydroxyl groups is 1. The minimum Gasteiger partial charge on any atom is -1.00 e. The first-order valence-electron chi connectivity index (χ1n) is 6.26. The van der Waals surface area contributed by atoms with Gasteiger partial charge in [0.05, 0.1) is 13.0 Å². The van der Waals surface area contributed by atoms with Gasteiger partial charge in [0.25, 0.3) is 6.47 Å². The van der Waals surface area contributed by atoms with Crippen molar-refractivity contribution in [3.05, 3.63) is 0 Å². The van der Waals surface area contributed by atoms with Gasteiger partial charge in [-0.2, -0.15) is 0 Å². The van der Waals surface area contributed by atoms with Gasteiger partial charge in [-0.05, 0) is 14.0 Å². The molecule has 0 spiro atoms. The zero-order valence-electron chi connectivity index (χ0n) is 16.2. The molecule has 1 aliphatic heterocycles. The van der Waals surface area contributed by atoms with Crippen LogP contribution in [0.1, 0.15) is 27.6 Å². The molecule has 1 amide bonds. The summed E-state index contributed by atoms with van der Waals surface area (Å²) >= 11 is 0. The van der Waals surface area contributed by atoms with Gasteiger partial charge in [-0.15, -0.1) is 0 Å². The number of carbonyl (C=O) groups excluding carboxylic acids is 4. The Morgan fingerprint density at radius 2 is 1.84 bits per heavy atom. The van der Waals surface area contributed by atoms with Crippen molar-refractivity contribution in [1.82, 2.24) is 5.32 Å². The second kappa shape index (κ2) is 35.1. The van der Waals surface area contributed by atoms with E-state index in [0.29, 0.717) is 19.4 Å². The maximum atomic E-state index is 10.2. The molecule has 0 atom stereocenters. The molecular formula is C12H26N2Na2O9. The molecule has 11 nitrogen and oxygen atoms in total. The molecule has 1 fully saturated rings. The van der Waals surface area contributed by atoms with E-state index in [1.165, 1.54) is 0 Å². The van der Waals surface area contributed by atoms with Crippen LogP contribution >= 0.6 is 0 Å². The number of rotatable bonds is 6. The third-order valence-corrected chi connectivity index (χ3v) is 1.69. The number of ketones is 1. The molecule has 0 bridgehead atoms. The Morgan fingerprint density at radius 1 is 1.44 bits per heavy atom. The fourth-order valence-corrected chi connectivity index (χ4v) is 0.597. The van der Waals surface area contributed by atoms with Crippen LogP contribution in [0.15, 0.2) is 0 Å². The van der Waals surface area contributed by atoms with Crippen molar-refractivity contribution < 1.29 is 105 Å². The van der Waals surface area contributed by atoms with Crippen molar-refractivity contribution in [2.45, 2.75) is 26.2 Å². The minimum absolute atomic E-state index is 0. The van der Waals surface area contributed by atoms with Gasteiger partial charge in [-0.1, -0.05) is 0 Å². The largest absolute Gasteiger partial charge is 1.00 e. The number of hydrogen-bond acceptors (Lipinski definition) is 9. The summed E-state index contributed by atoms with van der Waals surface area (Å²) < 4.78 is 4.29. The molecule has 1 aliphatic rings. The van der Waals surface area contributed by atoms with Crippen molar-refractivity contribution in [2.24, 2.45) is 5.73 Å². The van der Waals surface area contributed by atoms with E-state index in [1.807, 2.05) is 7.05 Å². The summed E-state index contributed by atoms with van der Waals surface area (Å²) in [4.78, 5) is 40.8. The summed E-state index contributed by atoms with van der Waals surface area (Å²) in [6.45, 7) is 2.71. The monoisotopic (exact) mass is 388 g/mol. The van der Waals surface area contributed by atoms with E-state index >= 15 is 0 Å². The van der Waals surface area contributed by atoms with Crippen molar-refractivity contribution in [1.29, 1.82) is 0 Å². The maximum absolute atomic E-state index is 10.2. The van der Waals surface area contributed by atoms with Crippen molar-refractivity contribution in [3.8, 4) is 0 Å². The number of nitrogens with two attached hydrogens (primary N) is 1. The summed E-state index contributed by atoms with van der Waals surface area (Å²) in [6.07, 6.45) is 1.34. The van der Waals surface area contributed by atoms with Crippen LogP contribution in [0.2, 0.25) is 0 Å². The molecular weight excluding hydrogens is 362 g/mol. The first kappa shape index (κ1) is 39.8. The Bertz CT molecular complexity index is 321. The third kappa shape index (κ3) is 59.3. The van der Waals surface area contributed by atoms with E-state index in [1.54, 1.807) is 6.92 Å². The SMILES string of the molecule is CNCCC(C)=O.NC(=O)CCO.O.O=C1CCO1.O=CO[O-].[H-].[Na+].[Na+]. The van der Waals surface area contributed by atoms with Crippen LogP contribution in [0.25, 0.3) is 0 Å². The summed E-state index contributed by atoms with van der Waals surface area (Å²) in [7, 11) is 1.84. The average molecular weight is 388 g/mol. The van der Waals surface area contributed by atoms with Gasteiger partial charge in [0.1, 0.15) is 12.4 Å². The molecule has 0 saturated carbocycles. The van der Waals surface area contributed by atoms with Crippen molar-refractivity contribution in [2.75, 3.05) is 26.8 Å². The van der Waals surface area contributed by atoms with E-state index in [-0.39, 0.29) is 97.3 Å². The van der Waals surface area contributed by atoms with Crippen molar-refractivity contribution in [3.63, 3.8) is 0 Å². The number of Topliss-reactive ketones (excluding diaryl/α,β-unsaturated/α-hetero) is 1. The quantitative estimate of drug-likeness (QED) is 0.130. The molecule has 0 aromatic carbocycles. The Labute approximate surface area is 192 Å². The van der Waals surface area contributed by atoms with Crippen LogP contribution in [-0.4, -0.2) is 61.5 Å². The zero-order valence-corrected chi connectivity index (χ0v) is 19.2. The topological polar surface area (TPSA) is 200 Å². The van der Waals surface area contributed by atoms with Crippen LogP contribution in [-0.2, 0) is 28.8 Å². The molecule has 1 heterocycles. The minimum atomic E-state index is -0.461. The number of esters is 1. The molecule has 0 aliphatic carbocycles. The number of cyclic esters (lactones) is 1. The number of aliphatic hydroxyl groups excluding tert-OH is 1. The van der Waals surface area contributed by atoms with Gasteiger partial charge in [0.2, 0.25) is 5.91 Å². The molecule has 0 aromatic heterocycles. The van der Waals surface area contributed by atoms with E-state index in [2.05, 4.69) is 20.7 Å². The number of nitrogens with one attached hydrogen (secondary N) is 1. The molecule has 0 aromatic rings. The second-order valence-electron chi connectivity index (χ2n) is 3.66. The third-order valence-electron chi connectivity index (χ3n) is 1.69. The maximum Gasteiger partial charge on any atom is 1.00 e. The van der Waals surface area contributed by atoms with E-state index in [4.69, 9.17) is 15.2 Å². The molecule has 1 rings (SSSR count). The molecule has 140 valence electrons. The zero-order chi connectivity index (χ0) is 17.8. The molecule has 0 radical (unpaired) electrons. The molecule has 0 unspecified atom stereocenters. The smallest absolute Gasteiger partial charge is 1.00 e. The van der Waals surface area contributed by atoms with Crippen LogP contribution < -0.4 is 75.4 Å². The molecule has 1 saturated heterocycles. The number of primary amides is 1. The predicted octanol–water partition coefficient (Wildman–Crippen LogP) is -9.30. The van der Waals surface area contributed by atoms with Gasteiger partial charge >= 0.3 is 65.1 Å². The van der Waals surface area contributed by atoms with E-state index < -0.39 is 5.91 Å². The number of carbonyl (C=O) groups is 4. The van der Waals surface area contributed by atoms with E-state index in [0.717, 1.165) is 6.54 Å². The van der Waals surface area contributed by atoms with E-state index in [9.17, 15) is 14.4 Å². The van der Waals surface area contributed by atoms with Crippen LogP contribution in [0.4, 0.5) is 0 Å². The summed E-state index contributed by atoms with van der Waals surface area (Å²) in [5, 5.41) is 19.2. The number of amides is 1. The van der Waals surface area contributed by atoms with Crippen LogP contribution in [0, 0.1) is 0 Å². The predicted molar refractivity (Wildman–Crippen MR) is 77.6 cm³/mol. The van der Waals surface area contributed by atoms with Gasteiger partial charge in [0.15, 0.2) is 0 Å². The first-order chi connectivity index (χ1) is 10.3. The normalized spacial score (nSPS) is 9.36. The molecule has 25 heavy (non-hydrogen) atoms. The van der Waals surface area contributed by atoms with Crippen LogP contribution in [0.5, 0.6) is 0 Å². The van der Waals surface area contributed by atoms with Gasteiger partial charge in [-0.3, -0.25) is 19.2 Å². The second-order valence-corrected chi connectivity index (χ2v) is 3.66. The van der Waals surface area contributed by atoms with Gasteiger partial charge in [0, 0.05) is 19.4 Å². The van der Waals surface area contributed by atoms with Gasteiger partial charge < -0.3 is 37.9 Å². The fourth-order valence-electron chi connectivity index (χ4n) is 0.597. The first-order valence-corrected chi connectivity index (χ1v) is 6.26.